The highest BCUT2D eigenvalue weighted by Gasteiger charge is 2.43. The lowest BCUT2D eigenvalue weighted by atomic mass is 9.77. The summed E-state index contributed by atoms with van der Waals surface area (Å²) in [5.74, 6) is 1.41. The molecule has 1 aliphatic heterocycles. The summed E-state index contributed by atoms with van der Waals surface area (Å²) in [4.78, 5) is 9.31. The first-order chi connectivity index (χ1) is 13.3. The fourth-order valence-corrected chi connectivity index (χ4v) is 5.98. The number of rotatable bonds is 5. The van der Waals surface area contributed by atoms with Gasteiger partial charge in [-0.15, -0.1) is 27.8 Å². The Bertz CT molecular complexity index is 863. The number of methoxy groups -OCH3 is 1. The molecule has 6 nitrogen and oxygen atoms in total. The monoisotopic (exact) mass is 401 g/mol. The summed E-state index contributed by atoms with van der Waals surface area (Å²) < 4.78 is 7.94. The second-order valence-corrected chi connectivity index (χ2v) is 9.47. The summed E-state index contributed by atoms with van der Waals surface area (Å²) >= 11 is 3.45. The first-order valence-corrected chi connectivity index (χ1v) is 11.1. The van der Waals surface area contributed by atoms with E-state index in [0.717, 1.165) is 38.2 Å². The Hall–Kier alpha value is -1.61. The zero-order valence-electron chi connectivity index (χ0n) is 15.3. The molecule has 8 heteroatoms. The molecular weight excluding hydrogens is 378 g/mol. The van der Waals surface area contributed by atoms with Crippen molar-refractivity contribution < 1.29 is 4.74 Å². The lowest BCUT2D eigenvalue weighted by Crippen LogP contribution is -2.37. The largest absolute Gasteiger partial charge is 0.379 e. The maximum Gasteiger partial charge on any atom is 0.122 e. The van der Waals surface area contributed by atoms with Crippen LogP contribution in [0.5, 0.6) is 0 Å². The number of ether oxygens (including phenoxy) is 1. The lowest BCUT2D eigenvalue weighted by Gasteiger charge is -2.37. The van der Waals surface area contributed by atoms with E-state index >= 15 is 0 Å². The smallest absolute Gasteiger partial charge is 0.122 e. The molecule has 1 saturated heterocycles. The maximum atomic E-state index is 5.89. The van der Waals surface area contributed by atoms with Crippen LogP contribution in [0.15, 0.2) is 35.4 Å². The van der Waals surface area contributed by atoms with Crippen LogP contribution in [0.3, 0.4) is 0 Å². The van der Waals surface area contributed by atoms with Crippen molar-refractivity contribution in [2.75, 3.05) is 20.2 Å². The molecule has 4 heterocycles. The number of hydrogen-bond acceptors (Lipinski definition) is 7. The number of fused-ring (bicyclic) bond motifs is 1. The standard InChI is InChI=1S/C19H23N5OS2/c1-25-18-6-14-9-23(10-15-7-20-12-27-15)8-13(14)5-17(18)24-11-16(21-22-24)19-3-2-4-26-19/h2-4,7,11-14,17-18H,5-6,8-10H2,1H3/t13-,14+,17-,18-/m1/s1. The summed E-state index contributed by atoms with van der Waals surface area (Å²) in [6.45, 7) is 3.33. The molecule has 0 spiro atoms. The van der Waals surface area contributed by atoms with Crippen LogP contribution in [0.2, 0.25) is 0 Å². The summed E-state index contributed by atoms with van der Waals surface area (Å²) in [7, 11) is 1.83. The van der Waals surface area contributed by atoms with Crippen LogP contribution < -0.4 is 0 Å². The summed E-state index contributed by atoms with van der Waals surface area (Å²) in [5, 5.41) is 10.9. The molecule has 3 aromatic heterocycles. The van der Waals surface area contributed by atoms with Gasteiger partial charge in [0.05, 0.1) is 28.7 Å². The van der Waals surface area contributed by atoms with Gasteiger partial charge in [0.2, 0.25) is 0 Å². The maximum absolute atomic E-state index is 5.89. The first kappa shape index (κ1) is 17.5. The predicted molar refractivity (Wildman–Crippen MR) is 107 cm³/mol. The highest BCUT2D eigenvalue weighted by molar-refractivity contribution is 7.13. The molecule has 3 aromatic rings. The van der Waals surface area contributed by atoms with Gasteiger partial charge in [-0.05, 0) is 36.1 Å². The van der Waals surface area contributed by atoms with Crippen molar-refractivity contribution in [1.29, 1.82) is 0 Å². The van der Waals surface area contributed by atoms with Crippen LogP contribution in [0, 0.1) is 11.8 Å². The number of thiazole rings is 1. The van der Waals surface area contributed by atoms with Gasteiger partial charge in [-0.1, -0.05) is 11.3 Å². The Morgan fingerprint density at radius 1 is 1.22 bits per heavy atom. The Balaban J connectivity index is 1.31. The fourth-order valence-electron chi connectivity index (χ4n) is 4.66. The van der Waals surface area contributed by atoms with Crippen LogP contribution in [0.1, 0.15) is 23.8 Å². The van der Waals surface area contributed by atoms with Crippen molar-refractivity contribution in [3.63, 3.8) is 0 Å². The van der Waals surface area contributed by atoms with Crippen LogP contribution in [-0.4, -0.2) is 51.2 Å². The average molecular weight is 402 g/mol. The zero-order valence-corrected chi connectivity index (χ0v) is 16.9. The number of likely N-dealkylation sites (tertiary alicyclic amines) is 1. The van der Waals surface area contributed by atoms with Crippen molar-refractivity contribution in [2.24, 2.45) is 11.8 Å². The molecule has 0 aromatic carbocycles. The third kappa shape index (κ3) is 3.47. The molecule has 1 saturated carbocycles. The number of nitrogens with zero attached hydrogens (tertiary/aromatic N) is 5. The van der Waals surface area contributed by atoms with E-state index in [2.05, 4.69) is 43.9 Å². The van der Waals surface area contributed by atoms with E-state index in [1.165, 1.54) is 9.75 Å². The Morgan fingerprint density at radius 2 is 2.11 bits per heavy atom. The molecular formula is C19H23N5OS2. The minimum absolute atomic E-state index is 0.201. The highest BCUT2D eigenvalue weighted by Crippen LogP contribution is 2.42. The third-order valence-corrected chi connectivity index (χ3v) is 7.61. The molecule has 5 rings (SSSR count). The van der Waals surface area contributed by atoms with Gasteiger partial charge in [-0.2, -0.15) is 0 Å². The number of thiophene rings is 1. The predicted octanol–water partition coefficient (Wildman–Crippen LogP) is 3.56. The fraction of sp³-hybridized carbons (Fsp3) is 0.526. The summed E-state index contributed by atoms with van der Waals surface area (Å²) in [6, 6.07) is 4.41. The van der Waals surface area contributed by atoms with Crippen molar-refractivity contribution >= 4 is 22.7 Å². The van der Waals surface area contributed by atoms with Crippen LogP contribution in [-0.2, 0) is 11.3 Å². The molecule has 2 fully saturated rings. The Labute approximate surface area is 166 Å². The highest BCUT2D eigenvalue weighted by atomic mass is 32.1. The van der Waals surface area contributed by atoms with Crippen molar-refractivity contribution in [1.82, 2.24) is 24.9 Å². The molecule has 0 radical (unpaired) electrons. The van der Waals surface area contributed by atoms with Crippen LogP contribution in [0.25, 0.3) is 10.6 Å². The first-order valence-electron chi connectivity index (χ1n) is 9.38. The molecule has 142 valence electrons. The lowest BCUT2D eigenvalue weighted by molar-refractivity contribution is -0.00545. The molecule has 27 heavy (non-hydrogen) atoms. The van der Waals surface area contributed by atoms with Gasteiger partial charge < -0.3 is 4.74 Å². The summed E-state index contributed by atoms with van der Waals surface area (Å²) in [6.07, 6.45) is 6.49. The minimum Gasteiger partial charge on any atom is -0.379 e. The molecule has 0 bridgehead atoms. The van der Waals surface area contributed by atoms with Gasteiger partial charge >= 0.3 is 0 Å². The van der Waals surface area contributed by atoms with Gasteiger partial charge in [-0.3, -0.25) is 9.88 Å². The molecule has 2 aliphatic rings. The number of aromatic nitrogens is 4. The quantitative estimate of drug-likeness (QED) is 0.654. The van der Waals surface area contributed by atoms with E-state index in [1.54, 1.807) is 22.7 Å². The SMILES string of the molecule is CO[C@@H]1C[C@H]2CN(Cc3cncs3)C[C@H]2C[C@H]1n1cc(-c2cccs2)nn1. The van der Waals surface area contributed by atoms with Gasteiger partial charge in [0, 0.05) is 37.8 Å². The normalized spacial score (nSPS) is 28.5. The van der Waals surface area contributed by atoms with Gasteiger partial charge in [0.25, 0.3) is 0 Å². The van der Waals surface area contributed by atoms with Crippen LogP contribution in [0.4, 0.5) is 0 Å². The minimum atomic E-state index is 0.201. The molecule has 4 atom stereocenters. The third-order valence-electron chi connectivity index (χ3n) is 5.95. The van der Waals surface area contributed by atoms with Crippen molar-refractivity contribution in [3.8, 4) is 10.6 Å². The molecule has 0 N–H and O–H groups in total. The van der Waals surface area contributed by atoms with E-state index in [-0.39, 0.29) is 12.1 Å². The molecule has 0 unspecified atom stereocenters. The van der Waals surface area contributed by atoms with E-state index < -0.39 is 0 Å². The van der Waals surface area contributed by atoms with E-state index in [1.807, 2.05) is 23.5 Å². The van der Waals surface area contributed by atoms with Gasteiger partial charge in [-0.25, -0.2) is 4.68 Å². The zero-order chi connectivity index (χ0) is 18.2. The van der Waals surface area contributed by atoms with Crippen LogP contribution >= 0.6 is 22.7 Å². The van der Waals surface area contributed by atoms with E-state index in [0.29, 0.717) is 11.8 Å². The van der Waals surface area contributed by atoms with Gasteiger partial charge in [0.1, 0.15) is 5.69 Å². The van der Waals surface area contributed by atoms with Crippen molar-refractivity contribution in [3.05, 3.63) is 40.3 Å². The summed E-state index contributed by atoms with van der Waals surface area (Å²) in [5.41, 5.74) is 2.88. The van der Waals surface area contributed by atoms with E-state index in [4.69, 9.17) is 4.74 Å². The molecule has 1 aliphatic carbocycles. The van der Waals surface area contributed by atoms with Gasteiger partial charge in [0.15, 0.2) is 0 Å². The van der Waals surface area contributed by atoms with E-state index in [9.17, 15) is 0 Å². The number of hydrogen-bond donors (Lipinski definition) is 0. The molecule has 0 amide bonds. The Kier molecular flexibility index (Phi) is 4.81. The topological polar surface area (TPSA) is 56.1 Å². The second-order valence-electron chi connectivity index (χ2n) is 7.56. The second kappa shape index (κ2) is 7.43. The average Bonchev–Trinajstić information content (AvgIpc) is 3.46. The Morgan fingerprint density at radius 3 is 2.85 bits per heavy atom. The van der Waals surface area contributed by atoms with Crippen molar-refractivity contribution in [2.45, 2.75) is 31.5 Å².